The van der Waals surface area contributed by atoms with Gasteiger partial charge in [-0.3, -0.25) is 4.79 Å². The Hall–Kier alpha value is -2.87. The predicted molar refractivity (Wildman–Crippen MR) is 129 cm³/mol. The van der Waals surface area contributed by atoms with Crippen LogP contribution in [-0.2, 0) is 6.54 Å². The van der Waals surface area contributed by atoms with Gasteiger partial charge in [-0.25, -0.2) is 9.98 Å². The van der Waals surface area contributed by atoms with E-state index in [2.05, 4.69) is 38.9 Å². The molecule has 0 spiro atoms. The summed E-state index contributed by atoms with van der Waals surface area (Å²) in [6, 6.07) is 8.12. The molecule has 3 rings (SSSR count). The maximum Gasteiger partial charge on any atom is 0.251 e. The Morgan fingerprint density at radius 2 is 2.16 bits per heavy atom. The number of carbonyl (C=O) groups excluding carboxylic acids is 1. The molecular weight excluding hydrogens is 402 g/mol. The van der Waals surface area contributed by atoms with Crippen molar-refractivity contribution in [3.05, 3.63) is 54.1 Å². The summed E-state index contributed by atoms with van der Waals surface area (Å²) in [6.07, 6.45) is 6.90. The highest BCUT2D eigenvalue weighted by Gasteiger charge is 2.28. The quantitative estimate of drug-likeness (QED) is 0.487. The van der Waals surface area contributed by atoms with Crippen molar-refractivity contribution in [2.75, 3.05) is 46.8 Å². The first-order chi connectivity index (χ1) is 15.5. The summed E-state index contributed by atoms with van der Waals surface area (Å²) in [5.74, 6) is 1.47. The zero-order valence-corrected chi connectivity index (χ0v) is 19.8. The van der Waals surface area contributed by atoms with Crippen LogP contribution in [0.4, 0.5) is 0 Å². The normalized spacial score (nSPS) is 19.3. The van der Waals surface area contributed by atoms with Crippen LogP contribution in [0.15, 0.2) is 48.0 Å². The maximum atomic E-state index is 12.5. The number of guanidine groups is 1. The van der Waals surface area contributed by atoms with Crippen LogP contribution in [0.1, 0.15) is 42.2 Å². The zero-order chi connectivity index (χ0) is 22.9. The number of amides is 1. The standard InChI is InChI=1S/C24H37N7O/c1-5-26-24(30-12-9-19(2)22(17-30)31-14-10-25-18-31)28-16-20-7-6-8-21(15-20)23(32)27-11-13-29(3)4/h6-8,10,14-15,18-19,22H,5,9,11-13,16-17H2,1-4H3,(H,26,28)(H,27,32). The van der Waals surface area contributed by atoms with Crippen molar-refractivity contribution >= 4 is 11.9 Å². The zero-order valence-electron chi connectivity index (χ0n) is 19.8. The monoisotopic (exact) mass is 439 g/mol. The molecule has 8 heteroatoms. The number of hydrogen-bond donors (Lipinski definition) is 2. The largest absolute Gasteiger partial charge is 0.357 e. The van der Waals surface area contributed by atoms with E-state index in [4.69, 9.17) is 4.99 Å². The molecule has 32 heavy (non-hydrogen) atoms. The summed E-state index contributed by atoms with van der Waals surface area (Å²) >= 11 is 0. The van der Waals surface area contributed by atoms with Gasteiger partial charge in [0.05, 0.1) is 18.9 Å². The van der Waals surface area contributed by atoms with Crippen molar-refractivity contribution in [3.63, 3.8) is 0 Å². The van der Waals surface area contributed by atoms with E-state index in [1.54, 1.807) is 0 Å². The number of aromatic nitrogens is 2. The van der Waals surface area contributed by atoms with Gasteiger partial charge < -0.3 is 25.0 Å². The molecule has 1 aliphatic rings. The van der Waals surface area contributed by atoms with E-state index in [1.807, 2.05) is 62.0 Å². The van der Waals surface area contributed by atoms with Crippen LogP contribution in [-0.4, -0.2) is 78.0 Å². The molecule has 2 atom stereocenters. The summed E-state index contributed by atoms with van der Waals surface area (Å²) in [4.78, 5) is 26.0. The lowest BCUT2D eigenvalue weighted by atomic mass is 9.93. The summed E-state index contributed by atoms with van der Waals surface area (Å²) in [7, 11) is 3.99. The molecule has 1 fully saturated rings. The van der Waals surface area contributed by atoms with Gasteiger partial charge >= 0.3 is 0 Å². The van der Waals surface area contributed by atoms with Crippen LogP contribution >= 0.6 is 0 Å². The Morgan fingerprint density at radius 1 is 1.31 bits per heavy atom. The third-order valence-corrected chi connectivity index (χ3v) is 5.91. The third kappa shape index (κ3) is 6.56. The Morgan fingerprint density at radius 3 is 2.88 bits per heavy atom. The number of aliphatic imine (C=N–C) groups is 1. The van der Waals surface area contributed by atoms with Crippen molar-refractivity contribution in [3.8, 4) is 0 Å². The molecule has 1 aliphatic heterocycles. The number of benzene rings is 1. The summed E-state index contributed by atoms with van der Waals surface area (Å²) in [5, 5.41) is 6.42. The first-order valence-corrected chi connectivity index (χ1v) is 11.5. The van der Waals surface area contributed by atoms with E-state index in [-0.39, 0.29) is 5.91 Å². The van der Waals surface area contributed by atoms with Crippen molar-refractivity contribution in [1.29, 1.82) is 0 Å². The highest BCUT2D eigenvalue weighted by molar-refractivity contribution is 5.94. The van der Waals surface area contributed by atoms with E-state index in [0.29, 0.717) is 30.6 Å². The first kappa shape index (κ1) is 23.8. The maximum absolute atomic E-state index is 12.5. The van der Waals surface area contributed by atoms with E-state index >= 15 is 0 Å². The van der Waals surface area contributed by atoms with Crippen molar-refractivity contribution in [2.45, 2.75) is 32.9 Å². The highest BCUT2D eigenvalue weighted by atomic mass is 16.1. The lowest BCUT2D eigenvalue weighted by molar-refractivity contribution is 0.0951. The lowest BCUT2D eigenvalue weighted by Crippen LogP contribution is -2.49. The molecule has 1 amide bonds. The van der Waals surface area contributed by atoms with Crippen molar-refractivity contribution in [1.82, 2.24) is 30.0 Å². The predicted octanol–water partition coefficient (Wildman–Crippen LogP) is 2.22. The summed E-state index contributed by atoms with van der Waals surface area (Å²) < 4.78 is 2.21. The van der Waals surface area contributed by atoms with Gasteiger partial charge in [0.25, 0.3) is 5.91 Å². The number of piperidine rings is 1. The molecule has 2 N–H and O–H groups in total. The van der Waals surface area contributed by atoms with Gasteiger partial charge in [-0.05, 0) is 51.1 Å². The Balaban J connectivity index is 1.66. The SMILES string of the molecule is CCNC(=NCc1cccc(C(=O)NCCN(C)C)c1)N1CCC(C)C(n2ccnc2)C1. The second-order valence-electron chi connectivity index (χ2n) is 8.72. The molecule has 1 aromatic heterocycles. The van der Waals surface area contributed by atoms with Gasteiger partial charge in [-0.1, -0.05) is 19.1 Å². The second-order valence-corrected chi connectivity index (χ2v) is 8.72. The number of nitrogens with zero attached hydrogens (tertiary/aromatic N) is 5. The molecule has 0 radical (unpaired) electrons. The van der Waals surface area contributed by atoms with Gasteiger partial charge in [0.2, 0.25) is 0 Å². The topological polar surface area (TPSA) is 77.8 Å². The molecule has 0 aliphatic carbocycles. The Labute approximate surface area is 191 Å². The fourth-order valence-corrected chi connectivity index (χ4v) is 3.99. The van der Waals surface area contributed by atoms with Crippen molar-refractivity contribution < 1.29 is 4.79 Å². The van der Waals surface area contributed by atoms with Crippen LogP contribution in [0.3, 0.4) is 0 Å². The van der Waals surface area contributed by atoms with Crippen LogP contribution in [0.2, 0.25) is 0 Å². The number of likely N-dealkylation sites (N-methyl/N-ethyl adjacent to an activating group) is 1. The van der Waals surface area contributed by atoms with Crippen LogP contribution in [0, 0.1) is 5.92 Å². The van der Waals surface area contributed by atoms with Gasteiger partial charge in [-0.2, -0.15) is 0 Å². The average molecular weight is 440 g/mol. The molecule has 2 heterocycles. The number of rotatable bonds is 8. The highest BCUT2D eigenvalue weighted by Crippen LogP contribution is 2.27. The average Bonchev–Trinajstić information content (AvgIpc) is 3.32. The van der Waals surface area contributed by atoms with E-state index < -0.39 is 0 Å². The molecular formula is C24H37N7O. The minimum Gasteiger partial charge on any atom is -0.357 e. The van der Waals surface area contributed by atoms with Crippen LogP contribution in [0.5, 0.6) is 0 Å². The first-order valence-electron chi connectivity index (χ1n) is 11.5. The lowest BCUT2D eigenvalue weighted by Gasteiger charge is -2.39. The van der Waals surface area contributed by atoms with E-state index in [0.717, 1.165) is 44.1 Å². The summed E-state index contributed by atoms with van der Waals surface area (Å²) in [5.41, 5.74) is 1.70. The molecule has 2 aromatic rings. The Bertz CT molecular complexity index is 878. The van der Waals surface area contributed by atoms with Crippen LogP contribution in [0.25, 0.3) is 0 Å². The number of imidazole rings is 1. The Kier molecular flexibility index (Phi) is 8.67. The molecule has 8 nitrogen and oxygen atoms in total. The van der Waals surface area contributed by atoms with Gasteiger partial charge in [0, 0.05) is 50.7 Å². The van der Waals surface area contributed by atoms with Crippen molar-refractivity contribution in [2.24, 2.45) is 10.9 Å². The van der Waals surface area contributed by atoms with Gasteiger partial charge in [0.15, 0.2) is 5.96 Å². The molecule has 0 bridgehead atoms. The minimum absolute atomic E-state index is 0.0437. The van der Waals surface area contributed by atoms with E-state index in [1.165, 1.54) is 0 Å². The second kappa shape index (κ2) is 11.7. The van der Waals surface area contributed by atoms with E-state index in [9.17, 15) is 4.79 Å². The number of carbonyl (C=O) groups is 1. The number of hydrogen-bond acceptors (Lipinski definition) is 4. The number of nitrogens with one attached hydrogen (secondary N) is 2. The third-order valence-electron chi connectivity index (χ3n) is 5.91. The molecule has 1 aromatic carbocycles. The smallest absolute Gasteiger partial charge is 0.251 e. The fourth-order valence-electron chi connectivity index (χ4n) is 3.99. The fraction of sp³-hybridized carbons (Fsp3) is 0.542. The molecule has 174 valence electrons. The van der Waals surface area contributed by atoms with Gasteiger partial charge in [-0.15, -0.1) is 0 Å². The molecule has 1 saturated heterocycles. The molecule has 0 saturated carbocycles. The minimum atomic E-state index is -0.0437. The van der Waals surface area contributed by atoms with Crippen LogP contribution < -0.4 is 10.6 Å². The van der Waals surface area contributed by atoms with Gasteiger partial charge in [0.1, 0.15) is 0 Å². The number of likely N-dealkylation sites (tertiary alicyclic amines) is 1. The summed E-state index contributed by atoms with van der Waals surface area (Å²) in [6.45, 7) is 9.07. The molecule has 2 unspecified atom stereocenters.